The van der Waals surface area contributed by atoms with Gasteiger partial charge in [-0.2, -0.15) is 13.2 Å². The number of hydrogen-bond acceptors (Lipinski definition) is 3. The highest BCUT2D eigenvalue weighted by molar-refractivity contribution is 14.0. The Kier molecular flexibility index (Phi) is 10.1. The van der Waals surface area contributed by atoms with Gasteiger partial charge in [0.05, 0.1) is 6.54 Å². The molecule has 1 saturated heterocycles. The molecule has 1 aromatic carbocycles. The van der Waals surface area contributed by atoms with Crippen molar-refractivity contribution in [3.8, 4) is 0 Å². The Morgan fingerprint density at radius 2 is 1.91 bits per heavy atom. The molecule has 1 aliphatic heterocycles. The van der Waals surface area contributed by atoms with E-state index < -0.39 is 12.2 Å². The van der Waals surface area contributed by atoms with E-state index >= 15 is 0 Å². The molecule has 2 aliphatic rings. The summed E-state index contributed by atoms with van der Waals surface area (Å²) in [5.74, 6) is 0.901. The summed E-state index contributed by atoms with van der Waals surface area (Å²) >= 11 is 0. The molecule has 1 heterocycles. The van der Waals surface area contributed by atoms with Gasteiger partial charge >= 0.3 is 6.18 Å². The van der Waals surface area contributed by atoms with Crippen LogP contribution in [0.5, 0.6) is 0 Å². The minimum absolute atomic E-state index is 0. The van der Waals surface area contributed by atoms with Gasteiger partial charge in [-0.1, -0.05) is 18.6 Å². The van der Waals surface area contributed by atoms with Gasteiger partial charge in [-0.05, 0) is 44.4 Å². The Morgan fingerprint density at radius 3 is 2.47 bits per heavy atom. The van der Waals surface area contributed by atoms with Crippen LogP contribution in [0.25, 0.3) is 0 Å². The van der Waals surface area contributed by atoms with E-state index in [1.54, 1.807) is 0 Å². The lowest BCUT2D eigenvalue weighted by atomic mass is 9.85. The SMILES string of the molecule is CCNC(=NCc1cccc(NC(=O)C2CCC2)c1)N1CCN(C(C)C(F)(F)F)CC1.I. The van der Waals surface area contributed by atoms with Crippen LogP contribution in [0.2, 0.25) is 0 Å². The average Bonchev–Trinajstić information content (AvgIpc) is 2.69. The first-order valence-corrected chi connectivity index (χ1v) is 11.0. The van der Waals surface area contributed by atoms with Gasteiger partial charge in [0.25, 0.3) is 0 Å². The highest BCUT2D eigenvalue weighted by Crippen LogP contribution is 2.28. The fraction of sp³-hybridized carbons (Fsp3) is 0.636. The van der Waals surface area contributed by atoms with Gasteiger partial charge in [0.2, 0.25) is 5.91 Å². The van der Waals surface area contributed by atoms with Crippen molar-refractivity contribution in [3.05, 3.63) is 29.8 Å². The molecule has 180 valence electrons. The molecule has 1 aromatic rings. The predicted octanol–water partition coefficient (Wildman–Crippen LogP) is 4.08. The molecule has 1 atom stereocenters. The monoisotopic (exact) mass is 567 g/mol. The molecule has 32 heavy (non-hydrogen) atoms. The lowest BCUT2D eigenvalue weighted by molar-refractivity contribution is -0.181. The molecular formula is C22H33F3IN5O. The lowest BCUT2D eigenvalue weighted by Crippen LogP contribution is -2.56. The number of hydrogen-bond donors (Lipinski definition) is 2. The zero-order chi connectivity index (χ0) is 22.4. The van der Waals surface area contributed by atoms with Crippen LogP contribution in [0.15, 0.2) is 29.3 Å². The summed E-state index contributed by atoms with van der Waals surface area (Å²) in [7, 11) is 0. The number of nitrogens with one attached hydrogen (secondary N) is 2. The van der Waals surface area contributed by atoms with E-state index in [1.807, 2.05) is 36.1 Å². The van der Waals surface area contributed by atoms with Gasteiger partial charge < -0.3 is 15.5 Å². The van der Waals surface area contributed by atoms with Crippen LogP contribution in [-0.4, -0.2) is 66.6 Å². The molecule has 0 radical (unpaired) electrons. The number of piperazine rings is 1. The molecule has 10 heteroatoms. The molecule has 2 N–H and O–H groups in total. The van der Waals surface area contributed by atoms with Gasteiger partial charge in [0, 0.05) is 44.3 Å². The van der Waals surface area contributed by atoms with E-state index in [4.69, 9.17) is 0 Å². The van der Waals surface area contributed by atoms with Gasteiger partial charge in [-0.15, -0.1) is 24.0 Å². The van der Waals surface area contributed by atoms with Gasteiger partial charge in [0.15, 0.2) is 5.96 Å². The number of benzene rings is 1. The maximum absolute atomic E-state index is 13.0. The van der Waals surface area contributed by atoms with Crippen molar-refractivity contribution in [1.82, 2.24) is 15.1 Å². The van der Waals surface area contributed by atoms with Crippen molar-refractivity contribution in [2.45, 2.75) is 51.9 Å². The summed E-state index contributed by atoms with van der Waals surface area (Å²) in [6, 6.07) is 6.20. The van der Waals surface area contributed by atoms with Gasteiger partial charge in [-0.3, -0.25) is 9.69 Å². The Balaban J connectivity index is 0.00000363. The summed E-state index contributed by atoms with van der Waals surface area (Å²) in [5.41, 5.74) is 1.73. The zero-order valence-corrected chi connectivity index (χ0v) is 21.0. The molecule has 1 amide bonds. The topological polar surface area (TPSA) is 60.0 Å². The molecule has 1 saturated carbocycles. The Labute approximate surface area is 205 Å². The number of anilines is 1. The summed E-state index contributed by atoms with van der Waals surface area (Å²) < 4.78 is 38.9. The van der Waals surface area contributed by atoms with Crippen LogP contribution in [0.1, 0.15) is 38.7 Å². The number of halogens is 4. The number of alkyl halides is 3. The first kappa shape index (κ1) is 26.7. The normalized spacial score (nSPS) is 19.0. The second-order valence-electron chi connectivity index (χ2n) is 8.23. The van der Waals surface area contributed by atoms with E-state index in [2.05, 4.69) is 15.6 Å². The number of nitrogens with zero attached hydrogens (tertiary/aromatic N) is 3. The number of carbonyl (C=O) groups is 1. The smallest absolute Gasteiger partial charge is 0.357 e. The number of rotatable bonds is 6. The zero-order valence-electron chi connectivity index (χ0n) is 18.6. The first-order valence-electron chi connectivity index (χ1n) is 11.0. The van der Waals surface area contributed by atoms with Crippen LogP contribution in [0.3, 0.4) is 0 Å². The molecule has 1 unspecified atom stereocenters. The highest BCUT2D eigenvalue weighted by atomic mass is 127. The average molecular weight is 567 g/mol. The summed E-state index contributed by atoms with van der Waals surface area (Å²) in [6.45, 7) is 5.94. The van der Waals surface area contributed by atoms with Crippen molar-refractivity contribution in [2.24, 2.45) is 10.9 Å². The third kappa shape index (κ3) is 7.23. The highest BCUT2D eigenvalue weighted by Gasteiger charge is 2.41. The second kappa shape index (κ2) is 12.1. The molecule has 0 spiro atoms. The van der Waals surface area contributed by atoms with E-state index in [0.717, 1.165) is 30.5 Å². The molecule has 3 rings (SSSR count). The Hall–Kier alpha value is -1.56. The third-order valence-corrected chi connectivity index (χ3v) is 6.05. The van der Waals surface area contributed by atoms with Crippen LogP contribution in [-0.2, 0) is 11.3 Å². The first-order chi connectivity index (χ1) is 14.8. The molecule has 0 aromatic heterocycles. The van der Waals surface area contributed by atoms with Crippen LogP contribution >= 0.6 is 24.0 Å². The molecule has 0 bridgehead atoms. The summed E-state index contributed by atoms with van der Waals surface area (Å²) in [4.78, 5) is 20.3. The maximum atomic E-state index is 13.0. The standard InChI is InChI=1S/C22H32F3N5O.HI/c1-3-26-21(30-12-10-29(11-13-30)16(2)22(23,24)25)27-15-17-6-4-9-19(14-17)28-20(31)18-7-5-8-18;/h4,6,9,14,16,18H,3,5,7-8,10-13,15H2,1-2H3,(H,26,27)(H,28,31);1H. The van der Waals surface area contributed by atoms with E-state index in [9.17, 15) is 18.0 Å². The van der Waals surface area contributed by atoms with Crippen LogP contribution < -0.4 is 10.6 Å². The van der Waals surface area contributed by atoms with Crippen molar-refractivity contribution in [2.75, 3.05) is 38.0 Å². The number of amides is 1. The van der Waals surface area contributed by atoms with Crippen molar-refractivity contribution in [3.63, 3.8) is 0 Å². The quantitative estimate of drug-likeness (QED) is 0.309. The minimum Gasteiger partial charge on any atom is -0.357 e. The van der Waals surface area contributed by atoms with Crippen molar-refractivity contribution < 1.29 is 18.0 Å². The van der Waals surface area contributed by atoms with Crippen LogP contribution in [0.4, 0.5) is 18.9 Å². The third-order valence-electron chi connectivity index (χ3n) is 6.05. The van der Waals surface area contributed by atoms with E-state index in [0.29, 0.717) is 45.2 Å². The predicted molar refractivity (Wildman–Crippen MR) is 131 cm³/mol. The molecular weight excluding hydrogens is 534 g/mol. The molecule has 1 aliphatic carbocycles. The lowest BCUT2D eigenvalue weighted by Gasteiger charge is -2.39. The van der Waals surface area contributed by atoms with Crippen molar-refractivity contribution in [1.29, 1.82) is 0 Å². The maximum Gasteiger partial charge on any atom is 0.403 e. The number of guanidine groups is 1. The fourth-order valence-electron chi connectivity index (χ4n) is 3.78. The Bertz CT molecular complexity index is 777. The van der Waals surface area contributed by atoms with E-state index in [-0.39, 0.29) is 35.8 Å². The molecule has 2 fully saturated rings. The Morgan fingerprint density at radius 1 is 1.22 bits per heavy atom. The van der Waals surface area contributed by atoms with Crippen LogP contribution in [0, 0.1) is 5.92 Å². The fourth-order valence-corrected chi connectivity index (χ4v) is 3.78. The summed E-state index contributed by atoms with van der Waals surface area (Å²) in [6.07, 6.45) is -1.18. The van der Waals surface area contributed by atoms with E-state index in [1.165, 1.54) is 11.8 Å². The molecule has 6 nitrogen and oxygen atoms in total. The number of carbonyl (C=O) groups excluding carboxylic acids is 1. The van der Waals surface area contributed by atoms with Gasteiger partial charge in [-0.25, -0.2) is 4.99 Å². The largest absolute Gasteiger partial charge is 0.403 e. The second-order valence-corrected chi connectivity index (χ2v) is 8.23. The van der Waals surface area contributed by atoms with Crippen molar-refractivity contribution >= 4 is 41.5 Å². The summed E-state index contributed by atoms with van der Waals surface area (Å²) in [5, 5.41) is 6.22. The van der Waals surface area contributed by atoms with Gasteiger partial charge in [0.1, 0.15) is 6.04 Å². The number of aliphatic imine (C=N–C) groups is 1. The minimum atomic E-state index is -4.21.